The highest BCUT2D eigenvalue weighted by molar-refractivity contribution is 6.09. The summed E-state index contributed by atoms with van der Waals surface area (Å²) < 4.78 is 1.99. The van der Waals surface area contributed by atoms with Crippen LogP contribution in [0.4, 0.5) is 5.69 Å². The van der Waals surface area contributed by atoms with Crippen molar-refractivity contribution < 1.29 is 4.79 Å². The highest BCUT2D eigenvalue weighted by Crippen LogP contribution is 2.29. The van der Waals surface area contributed by atoms with E-state index in [1.54, 1.807) is 6.07 Å². The first kappa shape index (κ1) is 22.3. The summed E-state index contributed by atoms with van der Waals surface area (Å²) in [5.74, 6) is -0.398. The Balaban J connectivity index is 1.99. The number of aryl methyl sites for hydroxylation is 4. The van der Waals surface area contributed by atoms with Crippen molar-refractivity contribution in [2.75, 3.05) is 5.32 Å². The molecule has 4 aromatic rings. The third kappa shape index (κ3) is 4.37. The molecule has 1 amide bonds. The van der Waals surface area contributed by atoms with Crippen LogP contribution in [0.5, 0.6) is 0 Å². The van der Waals surface area contributed by atoms with Gasteiger partial charge in [0.1, 0.15) is 5.56 Å². The number of para-hydroxylation sites is 2. The van der Waals surface area contributed by atoms with Crippen LogP contribution < -0.4 is 10.7 Å². The van der Waals surface area contributed by atoms with Crippen LogP contribution >= 0.6 is 0 Å². The van der Waals surface area contributed by atoms with Crippen LogP contribution in [-0.2, 0) is 6.42 Å². The molecule has 0 unspecified atom stereocenters. The minimum Gasteiger partial charge on any atom is -0.321 e. The molecule has 0 aliphatic rings. The van der Waals surface area contributed by atoms with Gasteiger partial charge in [0, 0.05) is 23.1 Å². The second kappa shape index (κ2) is 9.29. The van der Waals surface area contributed by atoms with Crippen LogP contribution in [0.25, 0.3) is 16.9 Å². The highest BCUT2D eigenvalue weighted by Gasteiger charge is 2.23. The van der Waals surface area contributed by atoms with E-state index >= 15 is 0 Å². The van der Waals surface area contributed by atoms with Crippen molar-refractivity contribution in [2.45, 2.75) is 34.1 Å². The zero-order valence-electron chi connectivity index (χ0n) is 19.5. The Bertz CT molecular complexity index is 1380. The van der Waals surface area contributed by atoms with Crippen molar-refractivity contribution in [3.05, 3.63) is 117 Å². The molecule has 0 saturated heterocycles. The number of nitrogens with one attached hydrogen (secondary N) is 1. The van der Waals surface area contributed by atoms with Gasteiger partial charge in [0.05, 0.1) is 5.69 Å². The van der Waals surface area contributed by atoms with E-state index in [4.69, 9.17) is 0 Å². The lowest BCUT2D eigenvalue weighted by Crippen LogP contribution is -2.27. The molecular weight excluding hydrogens is 408 g/mol. The fraction of sp³-hybridized carbons (Fsp3) is 0.172. The van der Waals surface area contributed by atoms with Crippen LogP contribution in [0.1, 0.15) is 39.7 Å². The van der Waals surface area contributed by atoms with Crippen molar-refractivity contribution in [1.82, 2.24) is 4.57 Å². The van der Waals surface area contributed by atoms with E-state index in [9.17, 15) is 9.59 Å². The normalized spacial score (nSPS) is 10.8. The number of pyridine rings is 1. The molecule has 0 fully saturated rings. The molecule has 0 saturated carbocycles. The quantitative estimate of drug-likeness (QED) is 0.402. The number of amides is 1. The molecule has 0 radical (unpaired) electrons. The molecule has 0 spiro atoms. The van der Waals surface area contributed by atoms with Gasteiger partial charge < -0.3 is 9.88 Å². The molecule has 0 aliphatic carbocycles. The Labute approximate surface area is 194 Å². The van der Waals surface area contributed by atoms with Gasteiger partial charge in [-0.1, -0.05) is 67.1 Å². The van der Waals surface area contributed by atoms with Crippen LogP contribution in [0.3, 0.4) is 0 Å². The zero-order chi connectivity index (χ0) is 23.5. The maximum Gasteiger partial charge on any atom is 0.261 e. The number of hydrogen-bond donors (Lipinski definition) is 1. The molecule has 166 valence electrons. The van der Waals surface area contributed by atoms with Crippen LogP contribution in [0.15, 0.2) is 83.7 Å². The summed E-state index contributed by atoms with van der Waals surface area (Å²) in [5.41, 5.74) is 6.76. The minimum absolute atomic E-state index is 0.139. The SMILES string of the molecule is CCc1cccc(C)c1NC(=O)c1c(-c2cccc(C)c2)n(-c2ccccc2)c(C)cc1=O. The zero-order valence-corrected chi connectivity index (χ0v) is 19.5. The summed E-state index contributed by atoms with van der Waals surface area (Å²) in [6, 6.07) is 25.2. The average Bonchev–Trinajstić information content (AvgIpc) is 2.80. The fourth-order valence-electron chi connectivity index (χ4n) is 4.30. The van der Waals surface area contributed by atoms with Gasteiger partial charge in [0.2, 0.25) is 0 Å². The molecule has 4 heteroatoms. The van der Waals surface area contributed by atoms with E-state index in [2.05, 4.69) is 12.2 Å². The lowest BCUT2D eigenvalue weighted by molar-refractivity contribution is 0.102. The Morgan fingerprint density at radius 3 is 2.30 bits per heavy atom. The summed E-state index contributed by atoms with van der Waals surface area (Å²) in [5, 5.41) is 3.06. The number of hydrogen-bond acceptors (Lipinski definition) is 2. The highest BCUT2D eigenvalue weighted by atomic mass is 16.2. The van der Waals surface area contributed by atoms with Gasteiger partial charge in [0.25, 0.3) is 5.91 Å². The summed E-state index contributed by atoms with van der Waals surface area (Å²) in [7, 11) is 0. The Morgan fingerprint density at radius 1 is 0.879 bits per heavy atom. The number of rotatable bonds is 5. The van der Waals surface area contributed by atoms with Crippen molar-refractivity contribution in [3.63, 3.8) is 0 Å². The molecule has 0 atom stereocenters. The molecule has 33 heavy (non-hydrogen) atoms. The first-order valence-electron chi connectivity index (χ1n) is 11.2. The molecule has 0 aliphatic heterocycles. The topological polar surface area (TPSA) is 51.1 Å². The number of carbonyl (C=O) groups excluding carboxylic acids is 1. The van der Waals surface area contributed by atoms with Crippen LogP contribution in [0, 0.1) is 20.8 Å². The lowest BCUT2D eigenvalue weighted by atomic mass is 10.00. The largest absolute Gasteiger partial charge is 0.321 e. The van der Waals surface area contributed by atoms with E-state index in [1.165, 1.54) is 0 Å². The van der Waals surface area contributed by atoms with Crippen LogP contribution in [0.2, 0.25) is 0 Å². The molecule has 1 aromatic heterocycles. The van der Waals surface area contributed by atoms with Gasteiger partial charge in [-0.15, -0.1) is 0 Å². The first-order valence-corrected chi connectivity index (χ1v) is 11.2. The molecular formula is C29H28N2O2. The maximum absolute atomic E-state index is 13.7. The predicted octanol–water partition coefficient (Wildman–Crippen LogP) is 6.24. The molecule has 4 rings (SSSR count). The Kier molecular flexibility index (Phi) is 6.27. The first-order chi connectivity index (χ1) is 15.9. The van der Waals surface area contributed by atoms with Gasteiger partial charge in [-0.05, 0) is 62.1 Å². The van der Waals surface area contributed by atoms with E-state index in [-0.39, 0.29) is 11.0 Å². The molecule has 4 nitrogen and oxygen atoms in total. The summed E-state index contributed by atoms with van der Waals surface area (Å²) in [6.45, 7) is 7.92. The third-order valence-electron chi connectivity index (χ3n) is 5.91. The Hall–Kier alpha value is -3.92. The second-order valence-corrected chi connectivity index (χ2v) is 8.33. The predicted molar refractivity (Wildman–Crippen MR) is 135 cm³/mol. The summed E-state index contributed by atoms with van der Waals surface area (Å²) >= 11 is 0. The van der Waals surface area contributed by atoms with Crippen molar-refractivity contribution >= 4 is 11.6 Å². The molecule has 0 bridgehead atoms. The lowest BCUT2D eigenvalue weighted by Gasteiger charge is -2.21. The van der Waals surface area contributed by atoms with E-state index in [0.717, 1.165) is 45.7 Å². The summed E-state index contributed by atoms with van der Waals surface area (Å²) in [6.07, 6.45) is 0.782. The second-order valence-electron chi connectivity index (χ2n) is 8.33. The van der Waals surface area contributed by atoms with Gasteiger partial charge in [-0.25, -0.2) is 0 Å². The fourth-order valence-corrected chi connectivity index (χ4v) is 4.30. The van der Waals surface area contributed by atoms with Crippen molar-refractivity contribution in [3.8, 4) is 16.9 Å². The molecule has 3 aromatic carbocycles. The van der Waals surface area contributed by atoms with Gasteiger partial charge >= 0.3 is 0 Å². The third-order valence-corrected chi connectivity index (χ3v) is 5.91. The Morgan fingerprint density at radius 2 is 1.61 bits per heavy atom. The average molecular weight is 437 g/mol. The van der Waals surface area contributed by atoms with E-state index in [1.807, 2.05) is 98.1 Å². The molecule has 1 N–H and O–H groups in total. The smallest absolute Gasteiger partial charge is 0.261 e. The van der Waals surface area contributed by atoms with Gasteiger partial charge in [0.15, 0.2) is 5.43 Å². The number of carbonyl (C=O) groups is 1. The van der Waals surface area contributed by atoms with Crippen molar-refractivity contribution in [1.29, 1.82) is 0 Å². The maximum atomic E-state index is 13.7. The van der Waals surface area contributed by atoms with Crippen molar-refractivity contribution in [2.24, 2.45) is 0 Å². The number of anilines is 1. The van der Waals surface area contributed by atoms with Gasteiger partial charge in [-0.3, -0.25) is 9.59 Å². The minimum atomic E-state index is -0.398. The standard InChI is InChI=1S/C29H28N2O2/c1-5-22-13-10-12-20(3)27(22)30-29(33)26-25(32)18-21(4)31(24-15-7-6-8-16-24)28(26)23-14-9-11-19(2)17-23/h6-18H,5H2,1-4H3,(H,30,33). The number of benzene rings is 3. The van der Waals surface area contributed by atoms with E-state index < -0.39 is 5.91 Å². The van der Waals surface area contributed by atoms with E-state index in [0.29, 0.717) is 5.69 Å². The monoisotopic (exact) mass is 436 g/mol. The number of aromatic nitrogens is 1. The van der Waals surface area contributed by atoms with Gasteiger partial charge in [-0.2, -0.15) is 0 Å². The number of nitrogens with zero attached hydrogens (tertiary/aromatic N) is 1. The molecule has 1 heterocycles. The summed E-state index contributed by atoms with van der Waals surface area (Å²) in [4.78, 5) is 27.0. The van der Waals surface area contributed by atoms with Crippen LogP contribution in [-0.4, -0.2) is 10.5 Å².